The molecule has 1 aromatic carbocycles. The summed E-state index contributed by atoms with van der Waals surface area (Å²) in [5.41, 5.74) is 7.70. The van der Waals surface area contributed by atoms with Crippen LogP contribution in [0.2, 0.25) is 0 Å². The number of amides is 3. The van der Waals surface area contributed by atoms with Crippen LogP contribution >= 0.6 is 0 Å². The number of aromatic nitrogens is 2. The molecule has 1 spiro atoms. The van der Waals surface area contributed by atoms with Crippen molar-refractivity contribution in [2.24, 2.45) is 5.92 Å². The highest BCUT2D eigenvalue weighted by molar-refractivity contribution is 5.94. The number of carbonyl (C=O) groups is 2. The van der Waals surface area contributed by atoms with Crippen LogP contribution in [-0.4, -0.2) is 84.2 Å². The van der Waals surface area contributed by atoms with Gasteiger partial charge >= 0.3 is 6.03 Å². The molecule has 0 saturated carbocycles. The minimum atomic E-state index is -0.441. The van der Waals surface area contributed by atoms with Gasteiger partial charge in [0, 0.05) is 56.8 Å². The smallest absolute Gasteiger partial charge is 0.327 e. The average Bonchev–Trinajstić information content (AvgIpc) is 3.57. The molecule has 3 saturated heterocycles. The molecule has 0 atom stereocenters. The van der Waals surface area contributed by atoms with Crippen molar-refractivity contribution in [3.05, 3.63) is 41.6 Å². The fourth-order valence-electron chi connectivity index (χ4n) is 5.84. The first-order valence-electron chi connectivity index (χ1n) is 13.7. The van der Waals surface area contributed by atoms with Crippen molar-refractivity contribution in [3.8, 4) is 11.6 Å². The van der Waals surface area contributed by atoms with Crippen LogP contribution in [0.5, 0.6) is 11.6 Å². The quantitative estimate of drug-likeness (QED) is 0.529. The molecule has 1 aromatic heterocycles. The van der Waals surface area contributed by atoms with Gasteiger partial charge in [-0.25, -0.2) is 9.78 Å². The van der Waals surface area contributed by atoms with Gasteiger partial charge in [0.25, 0.3) is 0 Å². The molecule has 11 nitrogen and oxygen atoms in total. The fourth-order valence-corrected chi connectivity index (χ4v) is 5.84. The highest BCUT2D eigenvalue weighted by atomic mass is 16.5. The van der Waals surface area contributed by atoms with Crippen molar-refractivity contribution >= 4 is 17.9 Å². The Labute approximate surface area is 229 Å². The van der Waals surface area contributed by atoms with Gasteiger partial charge in [0.15, 0.2) is 0 Å². The van der Waals surface area contributed by atoms with Crippen molar-refractivity contribution < 1.29 is 19.1 Å². The highest BCUT2D eigenvalue weighted by Gasteiger charge is 2.52. The fraction of sp³-hybridized carbons (Fsp3) is 0.571. The van der Waals surface area contributed by atoms with E-state index in [-0.39, 0.29) is 17.9 Å². The SMILES string of the molecule is COc1cccc(CN2C(=O)N(c3ncc(C4CNNC4)c(OC)n3)CC23CCN(C(=O)CC(C)C)CC3)c1. The Morgan fingerprint density at radius 2 is 1.90 bits per heavy atom. The molecule has 3 fully saturated rings. The van der Waals surface area contributed by atoms with Gasteiger partial charge in [-0.05, 0) is 36.5 Å². The second-order valence-electron chi connectivity index (χ2n) is 11.1. The predicted molar refractivity (Wildman–Crippen MR) is 147 cm³/mol. The van der Waals surface area contributed by atoms with Gasteiger partial charge in [0.05, 0.1) is 26.3 Å². The monoisotopic (exact) mass is 537 g/mol. The standard InChI is InChI=1S/C28H39N7O4/c1-19(2)12-24(36)33-10-8-28(9-11-33)18-34(27(37)35(28)17-20-6-5-7-22(13-20)38-3)26-29-16-23(25(32-26)39-4)21-14-30-31-15-21/h5-7,13,16,19,21,30-31H,8-12,14-15,17-18H2,1-4H3. The van der Waals surface area contributed by atoms with Gasteiger partial charge < -0.3 is 19.3 Å². The van der Waals surface area contributed by atoms with E-state index in [4.69, 9.17) is 14.5 Å². The molecule has 39 heavy (non-hydrogen) atoms. The van der Waals surface area contributed by atoms with Crippen molar-refractivity contribution in [1.82, 2.24) is 30.6 Å². The molecule has 4 heterocycles. The number of urea groups is 1. The van der Waals surface area contributed by atoms with Gasteiger partial charge in [-0.1, -0.05) is 26.0 Å². The summed E-state index contributed by atoms with van der Waals surface area (Å²) in [6.45, 7) is 7.75. The van der Waals surface area contributed by atoms with E-state index in [2.05, 4.69) is 29.7 Å². The van der Waals surface area contributed by atoms with Crippen LogP contribution in [0.25, 0.3) is 0 Å². The lowest BCUT2D eigenvalue weighted by Crippen LogP contribution is -2.55. The molecule has 5 rings (SSSR count). The van der Waals surface area contributed by atoms with E-state index in [1.165, 1.54) is 0 Å². The first kappa shape index (κ1) is 27.1. The number of ether oxygens (including phenoxy) is 2. The lowest BCUT2D eigenvalue weighted by Gasteiger charge is -2.44. The van der Waals surface area contributed by atoms with Crippen LogP contribution in [0.15, 0.2) is 30.5 Å². The summed E-state index contributed by atoms with van der Waals surface area (Å²) in [6, 6.07) is 7.66. The molecule has 210 valence electrons. The zero-order valence-electron chi connectivity index (χ0n) is 23.3. The first-order valence-corrected chi connectivity index (χ1v) is 13.7. The first-order chi connectivity index (χ1) is 18.8. The molecule has 0 radical (unpaired) electrons. The van der Waals surface area contributed by atoms with Crippen molar-refractivity contribution in [1.29, 1.82) is 0 Å². The molecular weight excluding hydrogens is 498 g/mol. The number of hydrogen-bond acceptors (Lipinski definition) is 8. The third kappa shape index (κ3) is 5.51. The van der Waals surface area contributed by atoms with Crippen LogP contribution in [0.1, 0.15) is 50.2 Å². The lowest BCUT2D eigenvalue weighted by molar-refractivity contribution is -0.134. The summed E-state index contributed by atoms with van der Waals surface area (Å²) < 4.78 is 11.1. The number of hydrogen-bond donors (Lipinski definition) is 2. The van der Waals surface area contributed by atoms with E-state index in [9.17, 15) is 9.59 Å². The van der Waals surface area contributed by atoms with E-state index >= 15 is 0 Å². The number of methoxy groups -OCH3 is 2. The number of hydrazine groups is 1. The number of anilines is 1. The van der Waals surface area contributed by atoms with Crippen molar-refractivity contribution in [2.75, 3.05) is 51.8 Å². The van der Waals surface area contributed by atoms with Gasteiger partial charge in [-0.15, -0.1) is 0 Å². The maximum absolute atomic E-state index is 14.0. The summed E-state index contributed by atoms with van der Waals surface area (Å²) in [4.78, 5) is 41.7. The van der Waals surface area contributed by atoms with Gasteiger partial charge in [0.2, 0.25) is 17.7 Å². The molecule has 11 heteroatoms. The van der Waals surface area contributed by atoms with Crippen LogP contribution in [0, 0.1) is 5.92 Å². The Kier molecular flexibility index (Phi) is 7.90. The molecule has 2 aromatic rings. The number of rotatable bonds is 8. The van der Waals surface area contributed by atoms with Crippen LogP contribution in [0.4, 0.5) is 10.7 Å². The Hall–Kier alpha value is -3.44. The number of nitrogens with zero attached hydrogens (tertiary/aromatic N) is 5. The van der Waals surface area contributed by atoms with Crippen molar-refractivity contribution in [3.63, 3.8) is 0 Å². The third-order valence-corrected chi connectivity index (χ3v) is 8.06. The van der Waals surface area contributed by atoms with E-state index in [0.29, 0.717) is 63.2 Å². The molecule has 0 bridgehead atoms. The number of piperidine rings is 1. The normalized spacial score (nSPS) is 19.4. The van der Waals surface area contributed by atoms with Crippen LogP contribution in [0.3, 0.4) is 0 Å². The zero-order chi connectivity index (χ0) is 27.6. The molecule has 0 unspecified atom stereocenters. The summed E-state index contributed by atoms with van der Waals surface area (Å²) in [5, 5.41) is 0. The average molecular weight is 538 g/mol. The number of nitrogens with one attached hydrogen (secondary N) is 2. The molecular formula is C28H39N7O4. The lowest BCUT2D eigenvalue weighted by atomic mass is 9.86. The third-order valence-electron chi connectivity index (χ3n) is 8.06. The second kappa shape index (κ2) is 11.4. The summed E-state index contributed by atoms with van der Waals surface area (Å²) in [5.74, 6) is 2.25. The number of likely N-dealkylation sites (tertiary alicyclic amines) is 1. The van der Waals surface area contributed by atoms with Crippen LogP contribution < -0.4 is 25.2 Å². The molecule has 3 aliphatic heterocycles. The number of carbonyl (C=O) groups excluding carboxylic acids is 2. The summed E-state index contributed by atoms with van der Waals surface area (Å²) in [6.07, 6.45) is 3.70. The molecule has 0 aliphatic carbocycles. The molecule has 3 amide bonds. The van der Waals surface area contributed by atoms with Gasteiger partial charge in [-0.2, -0.15) is 4.98 Å². The second-order valence-corrected chi connectivity index (χ2v) is 11.1. The van der Waals surface area contributed by atoms with E-state index < -0.39 is 5.54 Å². The van der Waals surface area contributed by atoms with Crippen LogP contribution in [-0.2, 0) is 11.3 Å². The van der Waals surface area contributed by atoms with Crippen molar-refractivity contribution in [2.45, 2.75) is 51.1 Å². The van der Waals surface area contributed by atoms with Gasteiger partial charge in [0.1, 0.15) is 5.75 Å². The topological polar surface area (TPSA) is 112 Å². The Balaban J connectivity index is 1.43. The maximum atomic E-state index is 14.0. The van der Waals surface area contributed by atoms with Gasteiger partial charge in [-0.3, -0.25) is 20.5 Å². The largest absolute Gasteiger partial charge is 0.497 e. The van der Waals surface area contributed by atoms with E-state index in [0.717, 1.165) is 30.0 Å². The molecule has 2 N–H and O–H groups in total. The Bertz CT molecular complexity index is 1190. The predicted octanol–water partition coefficient (Wildman–Crippen LogP) is 2.53. The van der Waals surface area contributed by atoms with E-state index in [1.807, 2.05) is 34.1 Å². The Morgan fingerprint density at radius 3 is 2.56 bits per heavy atom. The maximum Gasteiger partial charge on any atom is 0.327 e. The number of benzene rings is 1. The highest BCUT2D eigenvalue weighted by Crippen LogP contribution is 2.40. The zero-order valence-corrected chi connectivity index (χ0v) is 23.3. The minimum absolute atomic E-state index is 0.140. The molecule has 3 aliphatic rings. The Morgan fingerprint density at radius 1 is 1.15 bits per heavy atom. The summed E-state index contributed by atoms with van der Waals surface area (Å²) >= 11 is 0. The minimum Gasteiger partial charge on any atom is -0.497 e. The van der Waals surface area contributed by atoms with E-state index in [1.54, 1.807) is 25.3 Å². The summed E-state index contributed by atoms with van der Waals surface area (Å²) in [7, 11) is 3.23.